The second kappa shape index (κ2) is 4.05. The van der Waals surface area contributed by atoms with Gasteiger partial charge in [-0.3, -0.25) is 0 Å². The van der Waals surface area contributed by atoms with Crippen LogP contribution in [0.4, 0.5) is 0 Å². The van der Waals surface area contributed by atoms with Crippen LogP contribution in [0.3, 0.4) is 0 Å². The van der Waals surface area contributed by atoms with E-state index in [4.69, 9.17) is 0 Å². The Labute approximate surface area is 95.8 Å². The van der Waals surface area contributed by atoms with Gasteiger partial charge in [0.1, 0.15) is 0 Å². The molecule has 1 aliphatic carbocycles. The molecule has 0 radical (unpaired) electrons. The van der Waals surface area contributed by atoms with Gasteiger partial charge in [-0.25, -0.2) is 3.11 Å². The Kier molecular flexibility index (Phi) is 3.18. The van der Waals surface area contributed by atoms with Crippen LogP contribution in [-0.2, 0) is 0 Å². The molecule has 1 saturated carbocycles. The summed E-state index contributed by atoms with van der Waals surface area (Å²) >= 11 is 2.58. The first-order valence-electron chi connectivity index (χ1n) is 5.66. The highest BCUT2D eigenvalue weighted by Crippen LogP contribution is 2.43. The third-order valence-corrected chi connectivity index (χ3v) is 5.28. The van der Waals surface area contributed by atoms with Crippen LogP contribution >= 0.6 is 22.9 Å². The lowest BCUT2D eigenvalue weighted by atomic mass is 9.92. The van der Waals surface area contributed by atoms with E-state index in [1.54, 1.807) is 0 Å². The third kappa shape index (κ3) is 2.04. The smallest absolute Gasteiger partial charge is 0.0305 e. The molecule has 1 spiro atoms. The van der Waals surface area contributed by atoms with E-state index < -0.39 is 0 Å². The van der Waals surface area contributed by atoms with Crippen molar-refractivity contribution in [2.45, 2.75) is 57.4 Å². The molecule has 0 unspecified atom stereocenters. The van der Waals surface area contributed by atoms with Gasteiger partial charge in [-0.1, -0.05) is 26.2 Å². The summed E-state index contributed by atoms with van der Waals surface area (Å²) in [5.74, 6) is 0.914. The van der Waals surface area contributed by atoms with Crippen molar-refractivity contribution in [3.05, 3.63) is 0 Å². The molecule has 13 heavy (non-hydrogen) atoms. The molecule has 1 heterocycles. The Bertz CT molecular complexity index is 175. The van der Waals surface area contributed by atoms with Gasteiger partial charge in [-0.05, 0) is 31.6 Å². The van der Waals surface area contributed by atoms with Crippen molar-refractivity contribution in [1.82, 2.24) is 3.11 Å². The second-order valence-electron chi connectivity index (χ2n) is 4.97. The minimum Gasteiger partial charge on any atom is -0.241 e. The molecule has 0 aromatic carbocycles. The average molecular weight is 293 g/mol. The average Bonchev–Trinajstić information content (AvgIpc) is 2.48. The Hall–Kier alpha value is 0.690. The first kappa shape index (κ1) is 10.2. The van der Waals surface area contributed by atoms with Crippen molar-refractivity contribution in [3.8, 4) is 0 Å². The molecule has 0 aromatic heterocycles. The van der Waals surface area contributed by atoms with Crippen LogP contribution in [0.25, 0.3) is 0 Å². The first-order chi connectivity index (χ1) is 6.23. The zero-order valence-corrected chi connectivity index (χ0v) is 10.7. The van der Waals surface area contributed by atoms with Crippen LogP contribution in [0.1, 0.15) is 51.9 Å². The summed E-state index contributed by atoms with van der Waals surface area (Å²) in [5.41, 5.74) is 0.616. The number of halogens is 1. The van der Waals surface area contributed by atoms with Crippen molar-refractivity contribution in [1.29, 1.82) is 0 Å². The molecule has 2 fully saturated rings. The van der Waals surface area contributed by atoms with E-state index in [-0.39, 0.29) is 0 Å². The quantitative estimate of drug-likeness (QED) is 0.485. The molecule has 0 aromatic rings. The van der Waals surface area contributed by atoms with Crippen LogP contribution in [0.5, 0.6) is 0 Å². The number of rotatable bonds is 0. The maximum Gasteiger partial charge on any atom is 0.0305 e. The summed E-state index contributed by atoms with van der Waals surface area (Å²) in [5, 5.41) is 0. The summed E-state index contributed by atoms with van der Waals surface area (Å²) in [6.45, 7) is 3.72. The number of hydrogen-bond donors (Lipinski definition) is 0. The molecular formula is C11H20IN. The highest BCUT2D eigenvalue weighted by Gasteiger charge is 2.39. The van der Waals surface area contributed by atoms with Gasteiger partial charge in [0, 0.05) is 34.9 Å². The molecule has 76 valence electrons. The number of hydrogen-bond acceptors (Lipinski definition) is 1. The fourth-order valence-corrected chi connectivity index (χ4v) is 4.38. The van der Waals surface area contributed by atoms with Gasteiger partial charge < -0.3 is 0 Å². The van der Waals surface area contributed by atoms with E-state index in [9.17, 15) is 0 Å². The summed E-state index contributed by atoms with van der Waals surface area (Å²) in [6, 6.07) is 0. The summed E-state index contributed by atoms with van der Waals surface area (Å²) < 4.78 is 2.65. The van der Waals surface area contributed by atoms with E-state index in [0.717, 1.165) is 5.92 Å². The molecule has 2 heteroatoms. The topological polar surface area (TPSA) is 3.24 Å². The fourth-order valence-electron chi connectivity index (χ4n) is 2.99. The van der Waals surface area contributed by atoms with Crippen LogP contribution in [0.15, 0.2) is 0 Å². The monoisotopic (exact) mass is 293 g/mol. The zero-order valence-electron chi connectivity index (χ0n) is 8.56. The third-order valence-electron chi connectivity index (χ3n) is 3.86. The SMILES string of the molecule is C[C@@H]1CCCC2(CCCC2)N(I)C1. The van der Waals surface area contributed by atoms with Crippen LogP contribution in [-0.4, -0.2) is 15.2 Å². The Morgan fingerprint density at radius 3 is 2.46 bits per heavy atom. The molecule has 1 aliphatic heterocycles. The van der Waals surface area contributed by atoms with E-state index >= 15 is 0 Å². The zero-order chi connectivity index (χ0) is 9.31. The fraction of sp³-hybridized carbons (Fsp3) is 1.00. The number of nitrogens with zero attached hydrogens (tertiary/aromatic N) is 1. The van der Waals surface area contributed by atoms with Gasteiger partial charge in [0.15, 0.2) is 0 Å². The van der Waals surface area contributed by atoms with Crippen molar-refractivity contribution in [3.63, 3.8) is 0 Å². The molecule has 2 aliphatic rings. The Morgan fingerprint density at radius 2 is 1.77 bits per heavy atom. The standard InChI is InChI=1S/C11H20IN/c1-10-5-4-8-11(13(12)9-10)6-2-3-7-11/h10H,2-9H2,1H3/t10-/m1/s1. The minimum absolute atomic E-state index is 0.616. The highest BCUT2D eigenvalue weighted by atomic mass is 127. The van der Waals surface area contributed by atoms with Crippen molar-refractivity contribution < 1.29 is 0 Å². The lowest BCUT2D eigenvalue weighted by Crippen LogP contribution is -2.40. The summed E-state index contributed by atoms with van der Waals surface area (Å²) in [7, 11) is 0. The minimum atomic E-state index is 0.616. The van der Waals surface area contributed by atoms with Gasteiger partial charge in [0.05, 0.1) is 0 Å². The van der Waals surface area contributed by atoms with Gasteiger partial charge in [0.2, 0.25) is 0 Å². The lowest BCUT2D eigenvalue weighted by molar-refractivity contribution is 0.219. The van der Waals surface area contributed by atoms with Crippen molar-refractivity contribution in [2.75, 3.05) is 6.54 Å². The molecule has 2 rings (SSSR count). The molecule has 1 atom stereocenters. The molecule has 0 N–H and O–H groups in total. The second-order valence-corrected chi connectivity index (χ2v) is 6.14. The summed E-state index contributed by atoms with van der Waals surface area (Å²) in [4.78, 5) is 0. The van der Waals surface area contributed by atoms with Crippen LogP contribution in [0, 0.1) is 5.92 Å². The molecule has 0 amide bonds. The summed E-state index contributed by atoms with van der Waals surface area (Å²) in [6.07, 6.45) is 10.2. The maximum absolute atomic E-state index is 2.65. The Morgan fingerprint density at radius 1 is 1.15 bits per heavy atom. The van der Waals surface area contributed by atoms with Crippen molar-refractivity contribution in [2.24, 2.45) is 5.92 Å². The van der Waals surface area contributed by atoms with Crippen molar-refractivity contribution >= 4 is 22.9 Å². The van der Waals surface area contributed by atoms with E-state index in [1.165, 1.54) is 51.5 Å². The van der Waals surface area contributed by atoms with Gasteiger partial charge in [0.25, 0.3) is 0 Å². The molecule has 0 bridgehead atoms. The van der Waals surface area contributed by atoms with Gasteiger partial charge in [-0.15, -0.1) is 0 Å². The normalized spacial score (nSPS) is 35.1. The van der Waals surface area contributed by atoms with Crippen LogP contribution in [0.2, 0.25) is 0 Å². The van der Waals surface area contributed by atoms with E-state index in [1.807, 2.05) is 0 Å². The van der Waals surface area contributed by atoms with E-state index in [2.05, 4.69) is 32.9 Å². The molecular weight excluding hydrogens is 273 g/mol. The molecule has 1 nitrogen and oxygen atoms in total. The van der Waals surface area contributed by atoms with E-state index in [0.29, 0.717) is 5.54 Å². The predicted molar refractivity (Wildman–Crippen MR) is 64.9 cm³/mol. The first-order valence-corrected chi connectivity index (χ1v) is 6.63. The largest absolute Gasteiger partial charge is 0.241 e. The highest BCUT2D eigenvalue weighted by molar-refractivity contribution is 14.1. The predicted octanol–water partition coefficient (Wildman–Crippen LogP) is 3.77. The maximum atomic E-state index is 2.65. The Balaban J connectivity index is 2.08. The molecule has 1 saturated heterocycles. The lowest BCUT2D eigenvalue weighted by Gasteiger charge is -2.36. The van der Waals surface area contributed by atoms with Crippen LogP contribution < -0.4 is 0 Å². The van der Waals surface area contributed by atoms with Gasteiger partial charge >= 0.3 is 0 Å². The van der Waals surface area contributed by atoms with Gasteiger partial charge in [-0.2, -0.15) is 0 Å².